The minimum atomic E-state index is -0.414. The largest absolute Gasteiger partial charge is 0.326 e. The summed E-state index contributed by atoms with van der Waals surface area (Å²) in [5.74, 6) is -0.701. The number of rotatable bonds is 4. The molecule has 0 bridgehead atoms. The van der Waals surface area contributed by atoms with Crippen LogP contribution in [-0.4, -0.2) is 15.5 Å². The smallest absolute Gasteiger partial charge is 0.256 e. The molecule has 1 amide bonds. The molecule has 0 saturated heterocycles. The third-order valence-corrected chi connectivity index (χ3v) is 3.20. The second kappa shape index (κ2) is 6.30. The number of anilines is 1. The van der Waals surface area contributed by atoms with Crippen LogP contribution in [-0.2, 0) is 11.3 Å². The molecule has 1 N–H and O–H groups in total. The van der Waals surface area contributed by atoms with Crippen LogP contribution in [0.1, 0.15) is 17.7 Å². The predicted molar refractivity (Wildman–Crippen MR) is 77.6 cm³/mol. The number of aryl methyl sites for hydroxylation is 2. The number of amides is 1. The zero-order chi connectivity index (χ0) is 15.4. The van der Waals surface area contributed by atoms with Gasteiger partial charge in [-0.25, -0.2) is 9.37 Å². The van der Waals surface area contributed by atoms with Crippen molar-refractivity contribution < 1.29 is 9.18 Å². The summed E-state index contributed by atoms with van der Waals surface area (Å²) in [6.07, 6.45) is 1.54. The standard InChI is InChI=1S/C15H16FN3O2/c1-10-11(2)17-9-19(15(10)21)7-6-14(20)18-13-5-3-4-12(16)8-13/h3-5,8-9H,6-7H2,1-2H3,(H,18,20). The van der Waals surface area contributed by atoms with Gasteiger partial charge in [-0.05, 0) is 32.0 Å². The van der Waals surface area contributed by atoms with Gasteiger partial charge in [0.2, 0.25) is 5.91 Å². The predicted octanol–water partition coefficient (Wildman–Crippen LogP) is 2.03. The van der Waals surface area contributed by atoms with E-state index < -0.39 is 5.82 Å². The fraction of sp³-hybridized carbons (Fsp3) is 0.267. The van der Waals surface area contributed by atoms with Crippen LogP contribution in [0.15, 0.2) is 35.4 Å². The Morgan fingerprint density at radius 3 is 2.86 bits per heavy atom. The Morgan fingerprint density at radius 1 is 1.38 bits per heavy atom. The molecule has 0 aliphatic carbocycles. The molecule has 0 fully saturated rings. The third kappa shape index (κ3) is 3.75. The zero-order valence-corrected chi connectivity index (χ0v) is 11.9. The van der Waals surface area contributed by atoms with Crippen molar-refractivity contribution in [1.29, 1.82) is 0 Å². The molecule has 2 rings (SSSR count). The summed E-state index contributed by atoms with van der Waals surface area (Å²) in [6, 6.07) is 5.66. The van der Waals surface area contributed by atoms with Crippen LogP contribution in [0.2, 0.25) is 0 Å². The second-order valence-corrected chi connectivity index (χ2v) is 4.76. The highest BCUT2D eigenvalue weighted by atomic mass is 19.1. The van der Waals surface area contributed by atoms with E-state index in [1.54, 1.807) is 19.9 Å². The number of halogens is 1. The van der Waals surface area contributed by atoms with Gasteiger partial charge in [-0.2, -0.15) is 0 Å². The number of nitrogens with zero attached hydrogens (tertiary/aromatic N) is 2. The zero-order valence-electron chi connectivity index (χ0n) is 11.9. The van der Waals surface area contributed by atoms with Crippen molar-refractivity contribution in [2.75, 3.05) is 5.32 Å². The minimum absolute atomic E-state index is 0.112. The second-order valence-electron chi connectivity index (χ2n) is 4.76. The van der Waals surface area contributed by atoms with Gasteiger partial charge in [0.25, 0.3) is 5.56 Å². The van der Waals surface area contributed by atoms with E-state index in [9.17, 15) is 14.0 Å². The summed E-state index contributed by atoms with van der Waals surface area (Å²) in [5, 5.41) is 2.58. The van der Waals surface area contributed by atoms with Gasteiger partial charge in [-0.1, -0.05) is 6.07 Å². The number of aromatic nitrogens is 2. The maximum Gasteiger partial charge on any atom is 0.256 e. The average Bonchev–Trinajstić information content (AvgIpc) is 2.44. The first-order chi connectivity index (χ1) is 9.97. The Morgan fingerprint density at radius 2 is 2.14 bits per heavy atom. The van der Waals surface area contributed by atoms with Gasteiger partial charge in [0.15, 0.2) is 0 Å². The number of carbonyl (C=O) groups excluding carboxylic acids is 1. The maximum absolute atomic E-state index is 13.0. The highest BCUT2D eigenvalue weighted by molar-refractivity contribution is 5.90. The van der Waals surface area contributed by atoms with Crippen LogP contribution in [0.5, 0.6) is 0 Å². The Labute approximate surface area is 121 Å². The molecule has 0 saturated carbocycles. The first-order valence-corrected chi connectivity index (χ1v) is 6.55. The van der Waals surface area contributed by atoms with Gasteiger partial charge in [-0.3, -0.25) is 14.2 Å². The molecule has 0 unspecified atom stereocenters. The van der Waals surface area contributed by atoms with Crippen molar-refractivity contribution in [3.63, 3.8) is 0 Å². The number of nitrogens with one attached hydrogen (secondary N) is 1. The van der Waals surface area contributed by atoms with Crippen LogP contribution in [0, 0.1) is 19.7 Å². The summed E-state index contributed by atoms with van der Waals surface area (Å²) in [6.45, 7) is 3.69. The molecule has 0 aliphatic rings. The Bertz CT molecular complexity index is 725. The molecular weight excluding hydrogens is 273 g/mol. The molecule has 1 heterocycles. The van der Waals surface area contributed by atoms with E-state index >= 15 is 0 Å². The molecule has 1 aromatic heterocycles. The number of carbonyl (C=O) groups is 1. The molecule has 110 valence electrons. The van der Waals surface area contributed by atoms with Gasteiger partial charge >= 0.3 is 0 Å². The van der Waals surface area contributed by atoms with E-state index in [-0.39, 0.29) is 24.4 Å². The third-order valence-electron chi connectivity index (χ3n) is 3.20. The van der Waals surface area contributed by atoms with Crippen LogP contribution < -0.4 is 10.9 Å². The van der Waals surface area contributed by atoms with Crippen molar-refractivity contribution >= 4 is 11.6 Å². The van der Waals surface area contributed by atoms with Gasteiger partial charge in [0.05, 0.1) is 6.33 Å². The lowest BCUT2D eigenvalue weighted by molar-refractivity contribution is -0.116. The number of hydrogen-bond acceptors (Lipinski definition) is 3. The topological polar surface area (TPSA) is 64.0 Å². The monoisotopic (exact) mass is 289 g/mol. The van der Waals surface area contributed by atoms with Crippen LogP contribution in [0.25, 0.3) is 0 Å². The van der Waals surface area contributed by atoms with Crippen molar-refractivity contribution in [2.45, 2.75) is 26.8 Å². The highest BCUT2D eigenvalue weighted by Crippen LogP contribution is 2.09. The molecule has 0 atom stereocenters. The maximum atomic E-state index is 13.0. The first kappa shape index (κ1) is 14.9. The van der Waals surface area contributed by atoms with Crippen molar-refractivity contribution in [2.24, 2.45) is 0 Å². The molecule has 1 aromatic carbocycles. The summed E-state index contributed by atoms with van der Waals surface area (Å²) in [5.41, 5.74) is 1.50. The fourth-order valence-corrected chi connectivity index (χ4v) is 1.85. The van der Waals surface area contributed by atoms with E-state index in [1.807, 2.05) is 0 Å². The highest BCUT2D eigenvalue weighted by Gasteiger charge is 2.07. The van der Waals surface area contributed by atoms with Gasteiger partial charge < -0.3 is 5.32 Å². The molecular formula is C15H16FN3O2. The minimum Gasteiger partial charge on any atom is -0.326 e. The summed E-state index contributed by atoms with van der Waals surface area (Å²) >= 11 is 0. The van der Waals surface area contributed by atoms with E-state index in [4.69, 9.17) is 0 Å². The molecule has 0 spiro atoms. The van der Waals surface area contributed by atoms with Crippen LogP contribution in [0.3, 0.4) is 0 Å². The number of hydrogen-bond donors (Lipinski definition) is 1. The van der Waals surface area contributed by atoms with Crippen LogP contribution in [0.4, 0.5) is 10.1 Å². The lowest BCUT2D eigenvalue weighted by atomic mass is 10.2. The Balaban J connectivity index is 1.99. The Kier molecular flexibility index (Phi) is 4.47. The lowest BCUT2D eigenvalue weighted by Crippen LogP contribution is -2.26. The van der Waals surface area contributed by atoms with E-state index in [2.05, 4.69) is 10.3 Å². The normalized spacial score (nSPS) is 10.4. The Hall–Kier alpha value is -2.50. The SMILES string of the molecule is Cc1ncn(CCC(=O)Nc2cccc(F)c2)c(=O)c1C. The summed E-state index contributed by atoms with van der Waals surface area (Å²) in [7, 11) is 0. The van der Waals surface area contributed by atoms with Crippen molar-refractivity contribution in [1.82, 2.24) is 9.55 Å². The molecule has 6 heteroatoms. The molecule has 5 nitrogen and oxygen atoms in total. The average molecular weight is 289 g/mol. The quantitative estimate of drug-likeness (QED) is 0.936. The van der Waals surface area contributed by atoms with Crippen molar-refractivity contribution in [3.8, 4) is 0 Å². The fourth-order valence-electron chi connectivity index (χ4n) is 1.85. The molecule has 2 aromatic rings. The van der Waals surface area contributed by atoms with Gasteiger partial charge in [0.1, 0.15) is 5.82 Å². The van der Waals surface area contributed by atoms with E-state index in [0.29, 0.717) is 16.9 Å². The van der Waals surface area contributed by atoms with Crippen LogP contribution >= 0.6 is 0 Å². The van der Waals surface area contributed by atoms with E-state index in [0.717, 1.165) is 0 Å². The first-order valence-electron chi connectivity index (χ1n) is 6.55. The molecule has 0 aliphatic heterocycles. The summed E-state index contributed by atoms with van der Waals surface area (Å²) < 4.78 is 14.4. The van der Waals surface area contributed by atoms with Gasteiger partial charge in [0, 0.05) is 29.9 Å². The molecule has 0 radical (unpaired) electrons. The van der Waals surface area contributed by atoms with Gasteiger partial charge in [-0.15, -0.1) is 0 Å². The molecule has 21 heavy (non-hydrogen) atoms. The lowest BCUT2D eigenvalue weighted by Gasteiger charge is -2.08. The summed E-state index contributed by atoms with van der Waals surface area (Å²) in [4.78, 5) is 27.8. The van der Waals surface area contributed by atoms with Crippen molar-refractivity contribution in [3.05, 3.63) is 58.0 Å². The van der Waals surface area contributed by atoms with E-state index in [1.165, 1.54) is 29.1 Å². The number of benzene rings is 1.